The summed E-state index contributed by atoms with van der Waals surface area (Å²) < 4.78 is 27.7. The maximum atomic E-state index is 12.6. The Morgan fingerprint density at radius 2 is 1.85 bits per heavy atom. The van der Waals surface area contributed by atoms with E-state index >= 15 is 0 Å². The summed E-state index contributed by atoms with van der Waals surface area (Å²) in [5.41, 5.74) is 0.948. The molecule has 2 amide bonds. The van der Waals surface area contributed by atoms with Gasteiger partial charge in [0.15, 0.2) is 0 Å². The third-order valence-electron chi connectivity index (χ3n) is 3.98. The molecule has 1 heterocycles. The van der Waals surface area contributed by atoms with Crippen molar-refractivity contribution in [2.24, 2.45) is 5.14 Å². The molecule has 0 spiro atoms. The number of nitrogens with two attached hydrogens (primary N) is 1. The van der Waals surface area contributed by atoms with Crippen LogP contribution in [0.4, 0.5) is 11.4 Å². The zero-order chi connectivity index (χ0) is 18.9. The number of ether oxygens (including phenoxy) is 1. The fraction of sp³-hybridized carbons (Fsp3) is 0.176. The third-order valence-corrected chi connectivity index (χ3v) is 4.91. The van der Waals surface area contributed by atoms with E-state index in [-0.39, 0.29) is 17.2 Å². The summed E-state index contributed by atoms with van der Waals surface area (Å²) in [6, 6.07) is 11.6. The largest absolute Gasteiger partial charge is 0.497 e. The molecule has 1 atom stereocenters. The van der Waals surface area contributed by atoms with Crippen LogP contribution in [0, 0.1) is 0 Å². The number of amides is 2. The topological polar surface area (TPSA) is 119 Å². The Morgan fingerprint density at radius 3 is 2.46 bits per heavy atom. The molecule has 0 radical (unpaired) electrons. The van der Waals surface area contributed by atoms with Gasteiger partial charge in [0, 0.05) is 11.8 Å². The highest BCUT2D eigenvalue weighted by Crippen LogP contribution is 2.27. The lowest BCUT2D eigenvalue weighted by molar-refractivity contribution is -0.121. The molecular formula is C17H17N3O5S. The molecule has 3 N–H and O–H groups in total. The molecule has 0 bridgehead atoms. The molecule has 1 unspecified atom stereocenters. The number of nitrogens with zero attached hydrogens (tertiary/aromatic N) is 1. The number of carbonyl (C=O) groups is 2. The number of anilines is 2. The van der Waals surface area contributed by atoms with Gasteiger partial charge in [0.25, 0.3) is 5.91 Å². The van der Waals surface area contributed by atoms with Crippen LogP contribution < -0.4 is 20.1 Å². The molecule has 1 saturated heterocycles. The summed E-state index contributed by atoms with van der Waals surface area (Å²) in [7, 11) is -2.28. The summed E-state index contributed by atoms with van der Waals surface area (Å²) in [6.07, 6.45) is -0.00696. The number of carbonyl (C=O) groups excluding carboxylic acids is 2. The van der Waals surface area contributed by atoms with Gasteiger partial charge in [-0.15, -0.1) is 0 Å². The molecule has 1 aliphatic heterocycles. The van der Waals surface area contributed by atoms with Crippen LogP contribution in [0.25, 0.3) is 0 Å². The van der Waals surface area contributed by atoms with Crippen LogP contribution in [0.15, 0.2) is 53.4 Å². The minimum atomic E-state index is -3.79. The Morgan fingerprint density at radius 1 is 1.15 bits per heavy atom. The van der Waals surface area contributed by atoms with Crippen molar-refractivity contribution in [1.29, 1.82) is 0 Å². The first kappa shape index (κ1) is 17.9. The summed E-state index contributed by atoms with van der Waals surface area (Å²) in [6.45, 7) is 0. The van der Waals surface area contributed by atoms with Crippen LogP contribution in [0.1, 0.15) is 6.42 Å². The first-order chi connectivity index (χ1) is 12.3. The Labute approximate surface area is 150 Å². The first-order valence-electron chi connectivity index (χ1n) is 7.70. The smallest absolute Gasteiger partial charge is 0.256 e. The second-order valence-electron chi connectivity index (χ2n) is 5.74. The van der Waals surface area contributed by atoms with E-state index in [0.29, 0.717) is 17.1 Å². The summed E-state index contributed by atoms with van der Waals surface area (Å²) in [4.78, 5) is 26.0. The summed E-state index contributed by atoms with van der Waals surface area (Å²) in [5.74, 6) is -0.182. The highest BCUT2D eigenvalue weighted by molar-refractivity contribution is 7.89. The van der Waals surface area contributed by atoms with Gasteiger partial charge in [-0.05, 0) is 36.4 Å². The SMILES string of the molecule is COc1cccc(N2C(=O)CC(Nc3ccc(S(N)(=O)=O)cc3)C2=O)c1. The van der Waals surface area contributed by atoms with Crippen molar-refractivity contribution in [3.05, 3.63) is 48.5 Å². The normalized spacial score (nSPS) is 17.5. The van der Waals surface area contributed by atoms with E-state index in [0.717, 1.165) is 4.90 Å². The lowest BCUT2D eigenvalue weighted by atomic mass is 10.2. The summed E-state index contributed by atoms with van der Waals surface area (Å²) >= 11 is 0. The average Bonchev–Trinajstić information content (AvgIpc) is 2.88. The molecule has 26 heavy (non-hydrogen) atoms. The Balaban J connectivity index is 1.78. The second kappa shape index (κ2) is 6.77. The fourth-order valence-corrected chi connectivity index (χ4v) is 3.22. The van der Waals surface area contributed by atoms with Gasteiger partial charge in [-0.1, -0.05) is 6.07 Å². The highest BCUT2D eigenvalue weighted by atomic mass is 32.2. The van der Waals surface area contributed by atoms with E-state index in [1.165, 1.54) is 31.4 Å². The van der Waals surface area contributed by atoms with Crippen LogP contribution >= 0.6 is 0 Å². The zero-order valence-corrected chi connectivity index (χ0v) is 14.7. The first-order valence-corrected chi connectivity index (χ1v) is 9.24. The molecule has 136 valence electrons. The lowest BCUT2D eigenvalue weighted by Crippen LogP contribution is -2.34. The Hall–Kier alpha value is -2.91. The van der Waals surface area contributed by atoms with E-state index in [4.69, 9.17) is 9.88 Å². The Kier molecular flexibility index (Phi) is 4.66. The fourth-order valence-electron chi connectivity index (χ4n) is 2.71. The van der Waals surface area contributed by atoms with Gasteiger partial charge in [-0.3, -0.25) is 9.59 Å². The molecule has 2 aromatic rings. The van der Waals surface area contributed by atoms with Gasteiger partial charge in [-0.2, -0.15) is 0 Å². The van der Waals surface area contributed by atoms with Crippen LogP contribution in [0.5, 0.6) is 5.75 Å². The standard InChI is InChI=1S/C17H17N3O5S/c1-25-13-4-2-3-12(9-13)20-16(21)10-15(17(20)22)19-11-5-7-14(8-6-11)26(18,23)24/h2-9,15,19H,10H2,1H3,(H2,18,23,24). The van der Waals surface area contributed by atoms with Crippen molar-refractivity contribution in [1.82, 2.24) is 0 Å². The number of benzene rings is 2. The van der Waals surface area contributed by atoms with Crippen molar-refractivity contribution in [3.63, 3.8) is 0 Å². The number of nitrogens with one attached hydrogen (secondary N) is 1. The number of hydrogen-bond donors (Lipinski definition) is 2. The number of sulfonamides is 1. The van der Waals surface area contributed by atoms with E-state index in [1.807, 2.05) is 0 Å². The van der Waals surface area contributed by atoms with Crippen molar-refractivity contribution in [3.8, 4) is 5.75 Å². The predicted molar refractivity (Wildman–Crippen MR) is 95.3 cm³/mol. The van der Waals surface area contributed by atoms with Gasteiger partial charge >= 0.3 is 0 Å². The van der Waals surface area contributed by atoms with Crippen molar-refractivity contribution >= 4 is 33.2 Å². The van der Waals surface area contributed by atoms with E-state index in [2.05, 4.69) is 5.32 Å². The zero-order valence-electron chi connectivity index (χ0n) is 13.9. The lowest BCUT2D eigenvalue weighted by Gasteiger charge is -2.17. The van der Waals surface area contributed by atoms with Crippen molar-refractivity contribution in [2.45, 2.75) is 17.4 Å². The molecule has 0 saturated carbocycles. The van der Waals surface area contributed by atoms with Crippen LogP contribution in [0.3, 0.4) is 0 Å². The molecule has 0 aromatic heterocycles. The molecule has 8 nitrogen and oxygen atoms in total. The molecule has 3 rings (SSSR count). The molecular weight excluding hydrogens is 358 g/mol. The van der Waals surface area contributed by atoms with Crippen molar-refractivity contribution < 1.29 is 22.7 Å². The van der Waals surface area contributed by atoms with Crippen LogP contribution in [-0.4, -0.2) is 33.4 Å². The second-order valence-corrected chi connectivity index (χ2v) is 7.30. The molecule has 2 aromatic carbocycles. The number of methoxy groups -OCH3 is 1. The quantitative estimate of drug-likeness (QED) is 0.755. The van der Waals surface area contributed by atoms with Gasteiger partial charge in [0.1, 0.15) is 11.8 Å². The average molecular weight is 375 g/mol. The molecule has 1 aliphatic rings. The maximum absolute atomic E-state index is 12.6. The third kappa shape index (κ3) is 3.53. The Bertz CT molecular complexity index is 957. The number of primary sulfonamides is 1. The van der Waals surface area contributed by atoms with Crippen molar-refractivity contribution in [2.75, 3.05) is 17.3 Å². The van der Waals surface area contributed by atoms with E-state index in [1.54, 1.807) is 24.3 Å². The minimum absolute atomic E-state index is 0.00696. The molecule has 1 fully saturated rings. The predicted octanol–water partition coefficient (Wildman–Crippen LogP) is 1.09. The monoisotopic (exact) mass is 375 g/mol. The number of rotatable bonds is 5. The van der Waals surface area contributed by atoms with Crippen LogP contribution in [0.2, 0.25) is 0 Å². The maximum Gasteiger partial charge on any atom is 0.256 e. The minimum Gasteiger partial charge on any atom is -0.497 e. The van der Waals surface area contributed by atoms with E-state index in [9.17, 15) is 18.0 Å². The highest BCUT2D eigenvalue weighted by Gasteiger charge is 2.39. The number of imide groups is 1. The van der Waals surface area contributed by atoms with Gasteiger partial charge in [-0.25, -0.2) is 18.5 Å². The number of hydrogen-bond acceptors (Lipinski definition) is 6. The van der Waals surface area contributed by atoms with Crippen LogP contribution in [-0.2, 0) is 19.6 Å². The molecule has 0 aliphatic carbocycles. The van der Waals surface area contributed by atoms with Gasteiger partial charge < -0.3 is 10.1 Å². The van der Waals surface area contributed by atoms with Gasteiger partial charge in [0.05, 0.1) is 24.1 Å². The van der Waals surface area contributed by atoms with E-state index < -0.39 is 22.0 Å². The molecule has 9 heteroatoms. The van der Waals surface area contributed by atoms with Gasteiger partial charge in [0.2, 0.25) is 15.9 Å². The summed E-state index contributed by atoms with van der Waals surface area (Å²) in [5, 5.41) is 8.00.